The maximum atomic E-state index is 6.05. The maximum Gasteiger partial charge on any atom is 0.147 e. The van der Waals surface area contributed by atoms with Gasteiger partial charge in [0.15, 0.2) is 0 Å². The summed E-state index contributed by atoms with van der Waals surface area (Å²) in [4.78, 5) is 6.58. The van der Waals surface area contributed by atoms with Gasteiger partial charge in [-0.05, 0) is 29.4 Å². The molecule has 4 nitrogen and oxygen atoms in total. The van der Waals surface area contributed by atoms with Crippen molar-refractivity contribution in [3.8, 4) is 11.1 Å². The molecular weight excluding hydrogens is 256 g/mol. The first-order chi connectivity index (χ1) is 9.07. The highest BCUT2D eigenvalue weighted by molar-refractivity contribution is 7.11. The van der Waals surface area contributed by atoms with E-state index in [0.29, 0.717) is 11.2 Å². The van der Waals surface area contributed by atoms with Gasteiger partial charge in [0.2, 0.25) is 0 Å². The molecule has 0 amide bonds. The Balaban J connectivity index is 2.00. The van der Waals surface area contributed by atoms with Gasteiger partial charge in [0.25, 0.3) is 0 Å². The largest absolute Gasteiger partial charge is 0.382 e. The van der Waals surface area contributed by atoms with Crippen LogP contribution >= 0.6 is 11.5 Å². The molecule has 0 spiro atoms. The quantitative estimate of drug-likeness (QED) is 0.914. The molecular formula is C14H18N4S. The van der Waals surface area contributed by atoms with E-state index in [2.05, 4.69) is 28.1 Å². The topological polar surface area (TPSA) is 55.0 Å². The van der Waals surface area contributed by atoms with Crippen LogP contribution < -0.4 is 10.6 Å². The van der Waals surface area contributed by atoms with Gasteiger partial charge in [-0.3, -0.25) is 4.98 Å². The second-order valence-corrected chi connectivity index (χ2v) is 6.58. The van der Waals surface area contributed by atoms with Crippen molar-refractivity contribution in [2.45, 2.75) is 20.3 Å². The number of anilines is 2. The second-order valence-electron chi connectivity index (χ2n) is 5.83. The highest BCUT2D eigenvalue weighted by Crippen LogP contribution is 2.42. The Labute approximate surface area is 117 Å². The number of pyridine rings is 1. The molecule has 2 aromatic heterocycles. The average molecular weight is 274 g/mol. The number of nitrogen functional groups attached to an aromatic ring is 1. The van der Waals surface area contributed by atoms with Gasteiger partial charge in [-0.1, -0.05) is 19.9 Å². The predicted octanol–water partition coefficient (Wildman–Crippen LogP) is 3.02. The third-order valence-electron chi connectivity index (χ3n) is 3.62. The predicted molar refractivity (Wildman–Crippen MR) is 80.4 cm³/mol. The van der Waals surface area contributed by atoms with Crippen LogP contribution in [0.1, 0.15) is 20.3 Å². The second kappa shape index (κ2) is 4.49. The van der Waals surface area contributed by atoms with Crippen LogP contribution in [0.4, 0.5) is 10.8 Å². The smallest absolute Gasteiger partial charge is 0.147 e. The molecule has 0 aromatic carbocycles. The Bertz CT molecular complexity index is 576. The van der Waals surface area contributed by atoms with Crippen molar-refractivity contribution in [2.24, 2.45) is 5.41 Å². The zero-order valence-corrected chi connectivity index (χ0v) is 12.1. The van der Waals surface area contributed by atoms with Gasteiger partial charge < -0.3 is 10.6 Å². The first-order valence-electron chi connectivity index (χ1n) is 6.47. The zero-order chi connectivity index (χ0) is 13.5. The Morgan fingerprint density at radius 1 is 1.42 bits per heavy atom. The number of hydrogen-bond acceptors (Lipinski definition) is 5. The first-order valence-corrected chi connectivity index (χ1v) is 7.25. The van der Waals surface area contributed by atoms with Gasteiger partial charge in [0.05, 0.1) is 5.56 Å². The summed E-state index contributed by atoms with van der Waals surface area (Å²) in [6.07, 6.45) is 4.83. The van der Waals surface area contributed by atoms with Crippen LogP contribution in [-0.4, -0.2) is 22.4 Å². The van der Waals surface area contributed by atoms with Crippen molar-refractivity contribution >= 4 is 22.4 Å². The van der Waals surface area contributed by atoms with Crippen LogP contribution in [0.25, 0.3) is 11.1 Å². The van der Waals surface area contributed by atoms with Crippen LogP contribution in [-0.2, 0) is 0 Å². The zero-order valence-electron chi connectivity index (χ0n) is 11.3. The lowest BCUT2D eigenvalue weighted by Crippen LogP contribution is -2.22. The van der Waals surface area contributed by atoms with Gasteiger partial charge in [-0.2, -0.15) is 4.37 Å². The molecule has 0 bridgehead atoms. The van der Waals surface area contributed by atoms with Crippen LogP contribution in [0, 0.1) is 5.41 Å². The third kappa shape index (κ3) is 2.30. The molecule has 1 fully saturated rings. The Morgan fingerprint density at radius 2 is 2.26 bits per heavy atom. The molecule has 100 valence electrons. The van der Waals surface area contributed by atoms with Gasteiger partial charge >= 0.3 is 0 Å². The van der Waals surface area contributed by atoms with E-state index in [-0.39, 0.29) is 0 Å². The van der Waals surface area contributed by atoms with E-state index in [1.54, 1.807) is 6.20 Å². The summed E-state index contributed by atoms with van der Waals surface area (Å²) in [7, 11) is 0. The summed E-state index contributed by atoms with van der Waals surface area (Å²) in [6.45, 7) is 6.74. The number of nitrogens with two attached hydrogens (primary N) is 1. The Hall–Kier alpha value is -1.62. The highest BCUT2D eigenvalue weighted by Gasteiger charge is 2.32. The van der Waals surface area contributed by atoms with Crippen molar-refractivity contribution in [3.05, 3.63) is 24.5 Å². The van der Waals surface area contributed by atoms with E-state index in [1.165, 1.54) is 23.0 Å². The third-order valence-corrected chi connectivity index (χ3v) is 4.54. The van der Waals surface area contributed by atoms with Crippen molar-refractivity contribution in [1.82, 2.24) is 9.36 Å². The molecule has 5 heteroatoms. The molecule has 3 heterocycles. The standard InChI is InChI=1S/C14H18N4S/c1-14(2)5-7-18(9-14)13-11(12(15)17-19-13)10-4-3-6-16-8-10/h3-4,6,8H,5,7,9H2,1-2H3,(H2,15,17). The molecule has 0 atom stereocenters. The fourth-order valence-corrected chi connectivity index (χ4v) is 3.44. The van der Waals surface area contributed by atoms with E-state index in [4.69, 9.17) is 5.73 Å². The normalized spacial score (nSPS) is 17.9. The van der Waals surface area contributed by atoms with E-state index in [0.717, 1.165) is 24.2 Å². The lowest BCUT2D eigenvalue weighted by Gasteiger charge is -2.21. The van der Waals surface area contributed by atoms with E-state index >= 15 is 0 Å². The van der Waals surface area contributed by atoms with Gasteiger partial charge in [0.1, 0.15) is 10.8 Å². The van der Waals surface area contributed by atoms with E-state index in [1.807, 2.05) is 18.3 Å². The van der Waals surface area contributed by atoms with Gasteiger partial charge in [-0.15, -0.1) is 0 Å². The average Bonchev–Trinajstić information content (AvgIpc) is 2.93. The summed E-state index contributed by atoms with van der Waals surface area (Å²) in [5.41, 5.74) is 8.51. The van der Waals surface area contributed by atoms with Crippen molar-refractivity contribution < 1.29 is 0 Å². The fraction of sp³-hybridized carbons (Fsp3) is 0.429. The monoisotopic (exact) mass is 274 g/mol. The molecule has 0 unspecified atom stereocenters. The van der Waals surface area contributed by atoms with Crippen molar-refractivity contribution in [2.75, 3.05) is 23.7 Å². The number of aromatic nitrogens is 2. The summed E-state index contributed by atoms with van der Waals surface area (Å²) in [5, 5.41) is 1.18. The molecule has 2 aromatic rings. The lowest BCUT2D eigenvalue weighted by atomic mass is 9.93. The number of hydrogen-bond donors (Lipinski definition) is 1. The highest BCUT2D eigenvalue weighted by atomic mass is 32.1. The van der Waals surface area contributed by atoms with E-state index < -0.39 is 0 Å². The number of nitrogens with zero attached hydrogens (tertiary/aromatic N) is 3. The summed E-state index contributed by atoms with van der Waals surface area (Å²) < 4.78 is 4.34. The van der Waals surface area contributed by atoms with Crippen LogP contribution in [0.5, 0.6) is 0 Å². The van der Waals surface area contributed by atoms with Crippen molar-refractivity contribution in [1.29, 1.82) is 0 Å². The summed E-state index contributed by atoms with van der Waals surface area (Å²) in [6, 6.07) is 3.97. The van der Waals surface area contributed by atoms with Gasteiger partial charge in [-0.25, -0.2) is 0 Å². The first kappa shape index (κ1) is 12.4. The minimum atomic E-state index is 0.366. The minimum absolute atomic E-state index is 0.366. The Kier molecular flexibility index (Phi) is 2.93. The van der Waals surface area contributed by atoms with E-state index in [9.17, 15) is 0 Å². The molecule has 3 rings (SSSR count). The summed E-state index contributed by atoms with van der Waals surface area (Å²) >= 11 is 1.49. The molecule has 0 radical (unpaired) electrons. The lowest BCUT2D eigenvalue weighted by molar-refractivity contribution is 0.419. The molecule has 0 saturated carbocycles. The van der Waals surface area contributed by atoms with Gasteiger partial charge in [0, 0.05) is 31.0 Å². The van der Waals surface area contributed by atoms with Crippen LogP contribution in [0.2, 0.25) is 0 Å². The molecule has 1 aliphatic rings. The minimum Gasteiger partial charge on any atom is -0.382 e. The fourth-order valence-electron chi connectivity index (χ4n) is 2.58. The molecule has 19 heavy (non-hydrogen) atoms. The summed E-state index contributed by atoms with van der Waals surface area (Å²) in [5.74, 6) is 0.609. The van der Waals surface area contributed by atoms with Crippen LogP contribution in [0.15, 0.2) is 24.5 Å². The number of rotatable bonds is 2. The maximum absolute atomic E-state index is 6.05. The molecule has 1 saturated heterocycles. The molecule has 2 N–H and O–H groups in total. The SMILES string of the molecule is CC1(C)CCN(c2snc(N)c2-c2cccnc2)C1. The van der Waals surface area contributed by atoms with Crippen LogP contribution in [0.3, 0.4) is 0 Å². The molecule has 0 aliphatic carbocycles. The van der Waals surface area contributed by atoms with Crippen molar-refractivity contribution in [3.63, 3.8) is 0 Å². The molecule has 1 aliphatic heterocycles. The Morgan fingerprint density at radius 3 is 2.89 bits per heavy atom.